The van der Waals surface area contributed by atoms with E-state index in [-0.39, 0.29) is 11.4 Å². The van der Waals surface area contributed by atoms with Gasteiger partial charge in [-0.3, -0.25) is 30.9 Å². The Balaban J connectivity index is 3.38. The number of nitro benzene ring substituents is 2. The maximum atomic E-state index is 11.0. The number of rotatable bonds is 6. The van der Waals surface area contributed by atoms with Crippen LogP contribution in [0.2, 0.25) is 0 Å². The van der Waals surface area contributed by atoms with Crippen molar-refractivity contribution < 1.29 is 14.6 Å². The van der Waals surface area contributed by atoms with Crippen molar-refractivity contribution in [1.29, 1.82) is 0 Å². The van der Waals surface area contributed by atoms with E-state index in [0.29, 0.717) is 0 Å². The first-order valence-electron chi connectivity index (χ1n) is 5.27. The topological polar surface area (TPSA) is 179 Å². The van der Waals surface area contributed by atoms with Gasteiger partial charge in [-0.05, 0) is 13.0 Å². The van der Waals surface area contributed by atoms with Crippen LogP contribution in [0.15, 0.2) is 12.1 Å². The monoisotopic (exact) mass is 284 g/mol. The fourth-order valence-electron chi connectivity index (χ4n) is 1.41. The molecule has 1 atom stereocenters. The van der Waals surface area contributed by atoms with Gasteiger partial charge in [0, 0.05) is 0 Å². The van der Waals surface area contributed by atoms with Crippen molar-refractivity contribution in [2.24, 2.45) is 11.6 Å². The maximum absolute atomic E-state index is 11.0. The van der Waals surface area contributed by atoms with Crippen molar-refractivity contribution in [3.8, 4) is 0 Å². The number of amides is 1. The lowest BCUT2D eigenvalue weighted by atomic mass is 10.2. The fourth-order valence-corrected chi connectivity index (χ4v) is 1.41. The molecule has 0 fully saturated rings. The second-order valence-electron chi connectivity index (χ2n) is 3.81. The molecule has 11 heteroatoms. The molecular weight excluding hydrogens is 272 g/mol. The lowest BCUT2D eigenvalue weighted by molar-refractivity contribution is -0.393. The van der Waals surface area contributed by atoms with Crippen LogP contribution in [0, 0.1) is 20.2 Å². The third kappa shape index (κ3) is 3.08. The first-order valence-corrected chi connectivity index (χ1v) is 5.27. The minimum Gasteiger partial charge on any atom is -0.368 e. The van der Waals surface area contributed by atoms with Gasteiger partial charge in [0.1, 0.15) is 17.4 Å². The molecule has 1 amide bonds. The molecule has 0 unspecified atom stereocenters. The number of hydrogen-bond acceptors (Lipinski definition) is 8. The smallest absolute Gasteiger partial charge is 0.300 e. The minimum absolute atomic E-state index is 0.111. The van der Waals surface area contributed by atoms with Gasteiger partial charge >= 0.3 is 5.69 Å². The summed E-state index contributed by atoms with van der Waals surface area (Å²) in [5, 5.41) is 24.2. The van der Waals surface area contributed by atoms with Crippen LogP contribution in [0.25, 0.3) is 0 Å². The molecule has 1 rings (SSSR count). The van der Waals surface area contributed by atoms with Crippen molar-refractivity contribution in [1.82, 2.24) is 0 Å². The van der Waals surface area contributed by atoms with E-state index in [0.717, 1.165) is 12.1 Å². The van der Waals surface area contributed by atoms with Gasteiger partial charge in [-0.15, -0.1) is 0 Å². The molecule has 0 saturated carbocycles. The highest BCUT2D eigenvalue weighted by Crippen LogP contribution is 2.35. The van der Waals surface area contributed by atoms with Gasteiger partial charge in [0.2, 0.25) is 5.91 Å². The third-order valence-corrected chi connectivity index (χ3v) is 2.46. The van der Waals surface area contributed by atoms with Crippen LogP contribution in [0.4, 0.5) is 22.7 Å². The van der Waals surface area contributed by atoms with Crippen molar-refractivity contribution in [2.75, 3.05) is 10.7 Å². The average molecular weight is 284 g/mol. The summed E-state index contributed by atoms with van der Waals surface area (Å²) in [7, 11) is 0. The minimum atomic E-state index is -0.902. The number of hydrogen-bond donors (Lipinski definition) is 4. The molecule has 0 saturated heterocycles. The average Bonchev–Trinajstić information content (AvgIpc) is 2.37. The van der Waals surface area contributed by atoms with Crippen molar-refractivity contribution >= 4 is 28.7 Å². The Morgan fingerprint density at radius 2 is 1.70 bits per heavy atom. The maximum Gasteiger partial charge on any atom is 0.300 e. The highest BCUT2D eigenvalue weighted by molar-refractivity contribution is 5.85. The number of nitrogens with two attached hydrogens (primary N) is 2. The van der Waals surface area contributed by atoms with Gasteiger partial charge in [-0.25, -0.2) is 0 Å². The molecule has 108 valence electrons. The first-order chi connectivity index (χ1) is 9.27. The van der Waals surface area contributed by atoms with Crippen molar-refractivity contribution in [2.45, 2.75) is 13.0 Å². The van der Waals surface area contributed by atoms with Gasteiger partial charge in [0.15, 0.2) is 0 Å². The molecule has 0 aliphatic heterocycles. The molecule has 0 radical (unpaired) electrons. The lowest BCUT2D eigenvalue weighted by Gasteiger charge is -2.13. The number of nitrogens with zero attached hydrogens (tertiary/aromatic N) is 2. The number of nitrogen functional groups attached to an aromatic ring is 1. The fraction of sp³-hybridized carbons (Fsp3) is 0.222. The van der Waals surface area contributed by atoms with E-state index in [1.54, 1.807) is 0 Å². The Bertz CT molecular complexity index is 574. The van der Waals surface area contributed by atoms with Crippen LogP contribution in [-0.2, 0) is 4.79 Å². The van der Waals surface area contributed by atoms with Crippen molar-refractivity contribution in [3.05, 3.63) is 32.4 Å². The Labute approximate surface area is 112 Å². The number of anilines is 2. The standard InChI is InChI=1S/C9H12N6O5/c1-4(9(10)16)12-5-2-6(13-11)8(15(19)20)3-7(5)14(17)18/h2-4,12-13H,11H2,1H3,(H2,10,16)/t4-/m0/s1. The van der Waals surface area contributed by atoms with Gasteiger partial charge in [-0.2, -0.15) is 0 Å². The van der Waals surface area contributed by atoms with E-state index >= 15 is 0 Å². The molecule has 1 aromatic carbocycles. The molecule has 0 aliphatic carbocycles. The molecule has 11 nitrogen and oxygen atoms in total. The lowest BCUT2D eigenvalue weighted by Crippen LogP contribution is -2.32. The summed E-state index contributed by atoms with van der Waals surface area (Å²) in [6.45, 7) is 1.39. The Morgan fingerprint density at radius 1 is 1.20 bits per heavy atom. The molecular formula is C9H12N6O5. The zero-order valence-corrected chi connectivity index (χ0v) is 10.3. The van der Waals surface area contributed by atoms with Crippen LogP contribution < -0.4 is 22.3 Å². The zero-order chi connectivity index (χ0) is 15.4. The number of nitrogens with one attached hydrogen (secondary N) is 2. The van der Waals surface area contributed by atoms with E-state index in [1.807, 2.05) is 0 Å². The van der Waals surface area contributed by atoms with E-state index in [9.17, 15) is 25.0 Å². The van der Waals surface area contributed by atoms with Crippen LogP contribution in [0.3, 0.4) is 0 Å². The SMILES string of the molecule is C[C@H](Nc1cc(NN)c([N+](=O)[O-])cc1[N+](=O)[O-])C(N)=O. The van der Waals surface area contributed by atoms with Crippen LogP contribution in [-0.4, -0.2) is 21.8 Å². The summed E-state index contributed by atoms with van der Waals surface area (Å²) >= 11 is 0. The van der Waals surface area contributed by atoms with E-state index in [4.69, 9.17) is 11.6 Å². The quantitative estimate of drug-likeness (QED) is 0.321. The number of carbonyl (C=O) groups excluding carboxylic acids is 1. The highest BCUT2D eigenvalue weighted by atomic mass is 16.6. The predicted molar refractivity (Wildman–Crippen MR) is 69.8 cm³/mol. The van der Waals surface area contributed by atoms with E-state index < -0.39 is 33.2 Å². The zero-order valence-electron chi connectivity index (χ0n) is 10.3. The van der Waals surface area contributed by atoms with Crippen molar-refractivity contribution in [3.63, 3.8) is 0 Å². The summed E-state index contributed by atoms with van der Waals surface area (Å²) in [5.41, 5.74) is 5.73. The second kappa shape index (κ2) is 5.79. The summed E-state index contributed by atoms with van der Waals surface area (Å²) in [4.78, 5) is 31.0. The van der Waals surface area contributed by atoms with E-state index in [2.05, 4.69) is 10.7 Å². The first kappa shape index (κ1) is 15.1. The number of hydrazine groups is 1. The summed E-state index contributed by atoms with van der Waals surface area (Å²) in [5.74, 6) is 4.39. The second-order valence-corrected chi connectivity index (χ2v) is 3.81. The van der Waals surface area contributed by atoms with Crippen LogP contribution in [0.1, 0.15) is 6.92 Å². The van der Waals surface area contributed by atoms with Crippen LogP contribution in [0.5, 0.6) is 0 Å². The number of benzene rings is 1. The van der Waals surface area contributed by atoms with Gasteiger partial charge < -0.3 is 16.5 Å². The summed E-state index contributed by atoms with van der Waals surface area (Å²) in [6, 6.07) is 0.904. The Hall–Kier alpha value is -2.95. The molecule has 0 spiro atoms. The van der Waals surface area contributed by atoms with E-state index in [1.165, 1.54) is 6.92 Å². The number of nitro groups is 2. The molecule has 20 heavy (non-hydrogen) atoms. The van der Waals surface area contributed by atoms with Gasteiger partial charge in [-0.1, -0.05) is 0 Å². The molecule has 0 aliphatic rings. The molecule has 1 aromatic rings. The molecule has 0 aromatic heterocycles. The molecule has 0 bridgehead atoms. The third-order valence-electron chi connectivity index (χ3n) is 2.46. The number of carbonyl (C=O) groups is 1. The van der Waals surface area contributed by atoms with Crippen LogP contribution >= 0.6 is 0 Å². The summed E-state index contributed by atoms with van der Waals surface area (Å²) < 4.78 is 0. The molecule has 0 heterocycles. The number of primary amides is 1. The predicted octanol–water partition coefficient (Wildman–Crippen LogP) is 0.0743. The highest BCUT2D eigenvalue weighted by Gasteiger charge is 2.25. The normalized spacial score (nSPS) is 11.5. The van der Waals surface area contributed by atoms with Gasteiger partial charge in [0.25, 0.3) is 5.69 Å². The largest absolute Gasteiger partial charge is 0.368 e. The summed E-state index contributed by atoms with van der Waals surface area (Å²) in [6.07, 6.45) is 0. The molecule has 6 N–H and O–H groups in total. The Kier molecular flexibility index (Phi) is 4.38. The van der Waals surface area contributed by atoms with Gasteiger partial charge in [0.05, 0.1) is 15.9 Å². The Morgan fingerprint density at radius 3 is 2.10 bits per heavy atom.